The van der Waals surface area contributed by atoms with Gasteiger partial charge in [0.05, 0.1) is 22.0 Å². The number of fused-ring (bicyclic) bond motifs is 1. The number of anilines is 1. The molecule has 0 saturated heterocycles. The number of aromatic nitrogens is 2. The van der Waals surface area contributed by atoms with Crippen molar-refractivity contribution in [3.63, 3.8) is 0 Å². The summed E-state index contributed by atoms with van der Waals surface area (Å²) in [6.07, 6.45) is 7.86. The Balaban J connectivity index is 1.26. The second-order valence-corrected chi connectivity index (χ2v) is 9.14. The first kappa shape index (κ1) is 22.2. The topological polar surface area (TPSA) is 66.7 Å². The molecule has 0 bridgehead atoms. The molecule has 1 fully saturated rings. The van der Waals surface area contributed by atoms with Gasteiger partial charge in [-0.05, 0) is 66.8 Å². The molecule has 0 aliphatic heterocycles. The van der Waals surface area contributed by atoms with Crippen LogP contribution >= 0.6 is 11.6 Å². The third-order valence-electron chi connectivity index (χ3n) is 6.12. The SMILES string of the molecule is CC(=O)N(CC1CC1)c1ccc(-c2ccc(C(=O)NCc3ccc4cccn4c3)cn2)cc1Cl. The Morgan fingerprint density at radius 2 is 2.00 bits per heavy atom. The lowest BCUT2D eigenvalue weighted by molar-refractivity contribution is -0.116. The van der Waals surface area contributed by atoms with Crippen LogP contribution in [0.4, 0.5) is 5.69 Å². The molecule has 3 heterocycles. The van der Waals surface area contributed by atoms with Gasteiger partial charge in [-0.15, -0.1) is 0 Å². The third kappa shape index (κ3) is 4.82. The minimum absolute atomic E-state index is 0.0108. The van der Waals surface area contributed by atoms with E-state index in [1.54, 1.807) is 30.2 Å². The van der Waals surface area contributed by atoms with E-state index in [1.807, 2.05) is 59.3 Å². The molecule has 6 nitrogen and oxygen atoms in total. The molecular weight excluding hydrogens is 448 g/mol. The third-order valence-corrected chi connectivity index (χ3v) is 6.42. The fraction of sp³-hybridized carbons (Fsp3) is 0.222. The molecule has 4 aromatic rings. The number of rotatable bonds is 7. The number of benzene rings is 1. The van der Waals surface area contributed by atoms with Crippen molar-refractivity contribution in [3.8, 4) is 11.3 Å². The lowest BCUT2D eigenvalue weighted by Gasteiger charge is -2.22. The van der Waals surface area contributed by atoms with Gasteiger partial charge in [0.15, 0.2) is 0 Å². The smallest absolute Gasteiger partial charge is 0.253 e. The quantitative estimate of drug-likeness (QED) is 0.394. The second kappa shape index (κ2) is 9.31. The lowest BCUT2D eigenvalue weighted by atomic mass is 10.1. The summed E-state index contributed by atoms with van der Waals surface area (Å²) in [5.74, 6) is 0.373. The number of hydrogen-bond acceptors (Lipinski definition) is 3. The van der Waals surface area contributed by atoms with Crippen molar-refractivity contribution in [2.45, 2.75) is 26.3 Å². The summed E-state index contributed by atoms with van der Waals surface area (Å²) in [6.45, 7) is 2.70. The minimum atomic E-state index is -0.183. The van der Waals surface area contributed by atoms with Crippen molar-refractivity contribution in [1.29, 1.82) is 0 Å². The number of halogens is 1. The second-order valence-electron chi connectivity index (χ2n) is 8.73. The fourth-order valence-corrected chi connectivity index (χ4v) is 4.29. The zero-order chi connectivity index (χ0) is 23.7. The van der Waals surface area contributed by atoms with E-state index in [0.717, 1.165) is 35.2 Å². The number of nitrogens with zero attached hydrogens (tertiary/aromatic N) is 3. The maximum atomic E-state index is 12.6. The normalized spacial score (nSPS) is 13.1. The van der Waals surface area contributed by atoms with Crippen LogP contribution in [0.3, 0.4) is 0 Å². The van der Waals surface area contributed by atoms with Crippen molar-refractivity contribution < 1.29 is 9.59 Å². The van der Waals surface area contributed by atoms with Gasteiger partial charge in [0.25, 0.3) is 5.91 Å². The molecule has 2 amide bonds. The zero-order valence-electron chi connectivity index (χ0n) is 18.9. The Labute approximate surface area is 203 Å². The molecule has 1 saturated carbocycles. The first-order chi connectivity index (χ1) is 16.5. The molecular formula is C27H25ClN4O2. The molecule has 1 N–H and O–H groups in total. The minimum Gasteiger partial charge on any atom is -0.348 e. The highest BCUT2D eigenvalue weighted by atomic mass is 35.5. The Hall–Kier alpha value is -3.64. The van der Waals surface area contributed by atoms with Crippen molar-refractivity contribution in [3.05, 3.63) is 89.3 Å². The largest absolute Gasteiger partial charge is 0.348 e. The Morgan fingerprint density at radius 3 is 2.71 bits per heavy atom. The van der Waals surface area contributed by atoms with Gasteiger partial charge in [-0.1, -0.05) is 23.7 Å². The molecule has 0 spiro atoms. The average molecular weight is 473 g/mol. The van der Waals surface area contributed by atoms with Gasteiger partial charge in [0.2, 0.25) is 5.91 Å². The van der Waals surface area contributed by atoms with E-state index in [9.17, 15) is 9.59 Å². The molecule has 1 aromatic carbocycles. The highest BCUT2D eigenvalue weighted by molar-refractivity contribution is 6.34. The average Bonchev–Trinajstić information content (AvgIpc) is 3.55. The van der Waals surface area contributed by atoms with Gasteiger partial charge in [0.1, 0.15) is 0 Å². The number of hydrogen-bond donors (Lipinski definition) is 1. The molecule has 0 unspecified atom stereocenters. The van der Waals surface area contributed by atoms with E-state index in [2.05, 4.69) is 10.3 Å². The molecule has 1 aliphatic carbocycles. The summed E-state index contributed by atoms with van der Waals surface area (Å²) >= 11 is 6.54. The Bertz CT molecular complexity index is 1360. The Morgan fingerprint density at radius 1 is 1.15 bits per heavy atom. The van der Waals surface area contributed by atoms with Crippen molar-refractivity contribution in [2.75, 3.05) is 11.4 Å². The molecule has 172 valence electrons. The van der Waals surface area contributed by atoms with Crippen LogP contribution in [0.15, 0.2) is 73.2 Å². The van der Waals surface area contributed by atoms with Crippen LogP contribution in [0.1, 0.15) is 35.7 Å². The molecule has 0 radical (unpaired) electrons. The first-order valence-electron chi connectivity index (χ1n) is 11.4. The van der Waals surface area contributed by atoms with Gasteiger partial charge in [0, 0.05) is 49.7 Å². The monoisotopic (exact) mass is 472 g/mol. The summed E-state index contributed by atoms with van der Waals surface area (Å²) in [5.41, 5.74) is 4.87. The lowest BCUT2D eigenvalue weighted by Crippen LogP contribution is -2.30. The number of carbonyl (C=O) groups excluding carboxylic acids is 2. The number of amides is 2. The molecule has 7 heteroatoms. The number of carbonyl (C=O) groups is 2. The summed E-state index contributed by atoms with van der Waals surface area (Å²) in [4.78, 5) is 30.9. The summed E-state index contributed by atoms with van der Waals surface area (Å²) in [7, 11) is 0. The van der Waals surface area contributed by atoms with E-state index < -0.39 is 0 Å². The number of nitrogens with one attached hydrogen (secondary N) is 1. The summed E-state index contributed by atoms with van der Waals surface area (Å²) in [6, 6.07) is 17.2. The van der Waals surface area contributed by atoms with E-state index in [1.165, 1.54) is 0 Å². The fourth-order valence-electron chi connectivity index (χ4n) is 4.01. The molecule has 34 heavy (non-hydrogen) atoms. The van der Waals surface area contributed by atoms with Crippen molar-refractivity contribution in [2.24, 2.45) is 5.92 Å². The predicted molar refractivity (Wildman–Crippen MR) is 134 cm³/mol. The van der Waals surface area contributed by atoms with Crippen LogP contribution in [0, 0.1) is 5.92 Å². The maximum Gasteiger partial charge on any atom is 0.253 e. The van der Waals surface area contributed by atoms with Crippen LogP contribution in [-0.2, 0) is 11.3 Å². The highest BCUT2D eigenvalue weighted by Gasteiger charge is 2.27. The predicted octanol–water partition coefficient (Wildman–Crippen LogP) is 5.35. The van der Waals surface area contributed by atoms with Crippen LogP contribution in [0.5, 0.6) is 0 Å². The van der Waals surface area contributed by atoms with Gasteiger partial charge in [-0.2, -0.15) is 0 Å². The van der Waals surface area contributed by atoms with Crippen molar-refractivity contribution in [1.82, 2.24) is 14.7 Å². The van der Waals surface area contributed by atoms with Crippen molar-refractivity contribution >= 4 is 34.6 Å². The van der Waals surface area contributed by atoms with Crippen LogP contribution in [-0.4, -0.2) is 27.7 Å². The van der Waals surface area contributed by atoms with E-state index in [0.29, 0.717) is 35.3 Å². The van der Waals surface area contributed by atoms with Gasteiger partial charge < -0.3 is 14.6 Å². The Kier molecular flexibility index (Phi) is 6.07. The van der Waals surface area contributed by atoms with Crippen LogP contribution in [0.2, 0.25) is 5.02 Å². The summed E-state index contributed by atoms with van der Waals surface area (Å²) in [5, 5.41) is 3.45. The molecule has 0 atom stereocenters. The maximum absolute atomic E-state index is 12.6. The van der Waals surface area contributed by atoms with Crippen LogP contribution in [0.25, 0.3) is 16.8 Å². The summed E-state index contributed by atoms with van der Waals surface area (Å²) < 4.78 is 2.02. The standard InChI is InChI=1S/C27H25ClN4O2/c1-18(33)32(17-19-4-5-19)26-11-8-21(13-24(26)28)25-10-7-22(15-29-25)27(34)30-14-20-6-9-23-3-2-12-31(23)16-20/h2-3,6-13,15-16,19H,4-5,14,17H2,1H3,(H,30,34). The molecule has 1 aliphatic rings. The molecule has 3 aromatic heterocycles. The van der Waals surface area contributed by atoms with E-state index in [4.69, 9.17) is 11.6 Å². The van der Waals surface area contributed by atoms with Gasteiger partial charge >= 0.3 is 0 Å². The van der Waals surface area contributed by atoms with Gasteiger partial charge in [-0.25, -0.2) is 0 Å². The zero-order valence-corrected chi connectivity index (χ0v) is 19.6. The highest BCUT2D eigenvalue weighted by Crippen LogP contribution is 2.35. The van der Waals surface area contributed by atoms with E-state index >= 15 is 0 Å². The van der Waals surface area contributed by atoms with Crippen LogP contribution < -0.4 is 10.2 Å². The van der Waals surface area contributed by atoms with Gasteiger partial charge in [-0.3, -0.25) is 14.6 Å². The first-order valence-corrected chi connectivity index (χ1v) is 11.7. The molecule has 5 rings (SSSR count). The van der Waals surface area contributed by atoms with E-state index in [-0.39, 0.29) is 11.8 Å². The number of pyridine rings is 2.